The summed E-state index contributed by atoms with van der Waals surface area (Å²) in [6, 6.07) is 8.32. The van der Waals surface area contributed by atoms with Crippen LogP contribution in [-0.2, 0) is 66.5 Å². The summed E-state index contributed by atoms with van der Waals surface area (Å²) in [5.41, 5.74) is 0.986. The third kappa shape index (κ3) is 17.0. The Hall–Kier alpha value is -4.66. The van der Waals surface area contributed by atoms with E-state index in [1.807, 2.05) is 75.4 Å². The van der Waals surface area contributed by atoms with Crippen LogP contribution in [0.4, 0.5) is 0 Å². The van der Waals surface area contributed by atoms with E-state index in [2.05, 4.69) is 13.0 Å². The van der Waals surface area contributed by atoms with E-state index in [1.54, 1.807) is 48.0 Å². The fourth-order valence-electron chi connectivity index (χ4n) is 12.1. The number of piperidine rings is 1. The normalized spacial score (nSPS) is 34.5. The van der Waals surface area contributed by atoms with Gasteiger partial charge in [-0.3, -0.25) is 24.0 Å². The maximum Gasteiger partial charge on any atom is 0.493 e. The van der Waals surface area contributed by atoms with Crippen molar-refractivity contribution >= 4 is 47.8 Å². The highest BCUT2D eigenvalue weighted by atomic mass is 16.6. The molecule has 0 spiro atoms. The van der Waals surface area contributed by atoms with Gasteiger partial charge in [0.2, 0.25) is 5.79 Å². The molecule has 15 atom stereocenters. The number of allylic oxidation sites excluding steroid dienone is 6. The van der Waals surface area contributed by atoms with Crippen molar-refractivity contribution in [3.05, 3.63) is 77.9 Å². The van der Waals surface area contributed by atoms with Gasteiger partial charge in [-0.15, -0.1) is 0 Å². The third-order valence-corrected chi connectivity index (χ3v) is 17.7. The molecule has 4 fully saturated rings. The van der Waals surface area contributed by atoms with Crippen molar-refractivity contribution in [3.63, 3.8) is 0 Å². The number of ether oxygens (including phenoxy) is 6. The summed E-state index contributed by atoms with van der Waals surface area (Å²) in [6.07, 6.45) is 11.4. The Balaban J connectivity index is 1.23. The molecular weight excluding hydrogens is 1040 g/mol. The number of carbonyl (C=O) groups excluding carboxylic acids is 6. The first-order valence-corrected chi connectivity index (χ1v) is 29.5. The van der Waals surface area contributed by atoms with Gasteiger partial charge in [-0.1, -0.05) is 101 Å². The predicted molar refractivity (Wildman–Crippen MR) is 305 cm³/mol. The first-order chi connectivity index (χ1) is 38.5. The summed E-state index contributed by atoms with van der Waals surface area (Å²) in [4.78, 5) is 86.8. The number of hydrogen-bond acceptors (Lipinski definition) is 16. The number of amides is 1. The SMILES string of the molecule is CO[C@H]1C[C@@H]2CC[C@@H](C)[C@@](O)(O2)C(=O)C(=O)N2CCCC[C@H]2C(=O)O[C@H]([C@H](C)C[C@@H]2CC[C@@H](OC(=O)C3(C)COB(c4ccccc4)OC3)[C@H](OC)C2)CC(=O)C(C)=CC(C)[C@@H](O)[C@@H](OC)C(=O)[C@H](C)CC[C@H](C)C=CC=CC=C1C. The number of hydrogen-bond donors (Lipinski definition) is 2. The predicted octanol–water partition coefficient (Wildman–Crippen LogP) is 7.57. The average molecular weight is 1130 g/mol. The lowest BCUT2D eigenvalue weighted by Crippen LogP contribution is -2.61. The van der Waals surface area contributed by atoms with Crippen molar-refractivity contribution in [1.29, 1.82) is 0 Å². The topological polar surface area (TPSA) is 220 Å². The lowest BCUT2D eigenvalue weighted by Gasteiger charge is -2.42. The van der Waals surface area contributed by atoms with Gasteiger partial charge < -0.3 is 52.8 Å². The molecule has 1 aromatic rings. The Morgan fingerprint density at radius 1 is 0.840 bits per heavy atom. The molecule has 5 aliphatic rings. The zero-order valence-electron chi connectivity index (χ0n) is 49.9. The van der Waals surface area contributed by atoms with Crippen LogP contribution in [-0.4, -0.2) is 153 Å². The second kappa shape index (κ2) is 30.2. The van der Waals surface area contributed by atoms with Crippen LogP contribution >= 0.6 is 0 Å². The fourth-order valence-corrected chi connectivity index (χ4v) is 12.1. The highest BCUT2D eigenvalue weighted by Gasteiger charge is 2.53. The molecule has 1 amide bonds. The van der Waals surface area contributed by atoms with E-state index in [1.165, 1.54) is 12.0 Å². The molecule has 1 aliphatic carbocycles. The molecule has 0 radical (unpaired) electrons. The maximum absolute atomic E-state index is 14.7. The van der Waals surface area contributed by atoms with Gasteiger partial charge in [0.1, 0.15) is 29.8 Å². The van der Waals surface area contributed by atoms with E-state index in [9.17, 15) is 39.0 Å². The number of ketones is 3. The van der Waals surface area contributed by atoms with Crippen molar-refractivity contribution in [2.24, 2.45) is 40.9 Å². The van der Waals surface area contributed by atoms with E-state index >= 15 is 0 Å². The minimum Gasteiger partial charge on any atom is -0.460 e. The molecule has 1 aromatic carbocycles. The van der Waals surface area contributed by atoms with Gasteiger partial charge >= 0.3 is 19.1 Å². The molecule has 1 unspecified atom stereocenters. The Morgan fingerprint density at radius 3 is 2.23 bits per heavy atom. The van der Waals surface area contributed by atoms with Crippen molar-refractivity contribution in [1.82, 2.24) is 4.90 Å². The third-order valence-electron chi connectivity index (χ3n) is 17.7. The van der Waals surface area contributed by atoms with Crippen LogP contribution in [0.15, 0.2) is 77.9 Å². The van der Waals surface area contributed by atoms with Crippen LogP contribution in [0, 0.1) is 40.9 Å². The molecule has 2 N–H and O–H groups in total. The molecule has 3 saturated heterocycles. The molecule has 18 heteroatoms. The van der Waals surface area contributed by atoms with Crippen LogP contribution in [0.1, 0.15) is 139 Å². The van der Waals surface area contributed by atoms with Crippen molar-refractivity contribution in [2.45, 2.75) is 193 Å². The molecule has 6 rings (SSSR count). The minimum atomic E-state index is -2.46. The zero-order valence-corrected chi connectivity index (χ0v) is 49.9. The Labute approximate surface area is 481 Å². The number of cyclic esters (lactones) is 1. The molecule has 448 valence electrons. The minimum absolute atomic E-state index is 0.00249. The molecule has 2 bridgehead atoms. The summed E-state index contributed by atoms with van der Waals surface area (Å²) in [5, 5.41) is 23.7. The Bertz CT molecular complexity index is 2420. The standard InChI is InChI=1S/C63H92BNO16/c1-39-20-14-12-15-21-40(2)52(74-9)35-48-29-27-45(7)63(73,81-48)58(69)59(70)65-31-19-18-24-49(65)60(71)79-53(36-50(66)42(4)32-44(6)56(68)57(76-11)55(67)41(3)26-25-39)43(5)33-46-28-30-51(54(34-46)75-10)80-61(72)62(8)37-77-64(78-38-62)47-22-16-13-17-23-47/h12-17,20-23,32,39,41,43-46,48-49,51-54,56-57,68,73H,18-19,24-31,33-38H2,1-11H3/t39-,41-,43-,44?,45-,46+,48+,49+,51-,52+,53+,54-,56-,57+,63-/m1/s1. The molecule has 4 heterocycles. The maximum atomic E-state index is 14.7. The number of rotatable bonds is 9. The van der Waals surface area contributed by atoms with Gasteiger partial charge in [0, 0.05) is 71.7 Å². The number of esters is 2. The first kappa shape index (κ1) is 65.5. The van der Waals surface area contributed by atoms with Gasteiger partial charge in [-0.05, 0) is 126 Å². The van der Waals surface area contributed by atoms with Crippen LogP contribution in [0.5, 0.6) is 0 Å². The van der Waals surface area contributed by atoms with Crippen molar-refractivity contribution in [2.75, 3.05) is 41.1 Å². The molecule has 4 aliphatic heterocycles. The summed E-state index contributed by atoms with van der Waals surface area (Å²) < 4.78 is 48.2. The summed E-state index contributed by atoms with van der Waals surface area (Å²) in [5.74, 6) is -8.63. The van der Waals surface area contributed by atoms with Gasteiger partial charge in [0.05, 0.1) is 24.4 Å². The van der Waals surface area contributed by atoms with E-state index in [-0.39, 0.29) is 61.6 Å². The second-order valence-corrected chi connectivity index (χ2v) is 24.2. The Kier molecular flexibility index (Phi) is 24.5. The van der Waals surface area contributed by atoms with E-state index in [4.69, 9.17) is 37.7 Å². The summed E-state index contributed by atoms with van der Waals surface area (Å²) in [6.45, 7) is 14.8. The van der Waals surface area contributed by atoms with Gasteiger partial charge in [-0.25, -0.2) is 4.79 Å². The molecule has 81 heavy (non-hydrogen) atoms. The van der Waals surface area contributed by atoms with E-state index < -0.39 is 114 Å². The quantitative estimate of drug-likeness (QED) is 0.138. The number of Topliss-reactive ketones (excluding diaryl/α,β-unsaturated/α-hetero) is 3. The average Bonchev–Trinajstić information content (AvgIpc) is 3.47. The van der Waals surface area contributed by atoms with Crippen LogP contribution in [0.25, 0.3) is 0 Å². The molecule has 1 saturated carbocycles. The molecule has 0 aromatic heterocycles. The number of benzene rings is 1. The monoisotopic (exact) mass is 1130 g/mol. The molecule has 17 nitrogen and oxygen atoms in total. The smallest absolute Gasteiger partial charge is 0.460 e. The lowest BCUT2D eigenvalue weighted by atomic mass is 9.75. The number of fused-ring (bicyclic) bond motifs is 3. The van der Waals surface area contributed by atoms with Gasteiger partial charge in [-0.2, -0.15) is 0 Å². The lowest BCUT2D eigenvalue weighted by molar-refractivity contribution is -0.265. The second-order valence-electron chi connectivity index (χ2n) is 24.2. The van der Waals surface area contributed by atoms with Crippen molar-refractivity contribution in [3.8, 4) is 0 Å². The number of carbonyl (C=O) groups is 6. The van der Waals surface area contributed by atoms with E-state index in [0.29, 0.717) is 70.6 Å². The Morgan fingerprint density at radius 2 is 1.56 bits per heavy atom. The number of aliphatic hydroxyl groups is 2. The fraction of sp³-hybridized carbons (Fsp3) is 0.683. The number of aliphatic hydroxyl groups excluding tert-OH is 1. The zero-order chi connectivity index (χ0) is 59.2. The van der Waals surface area contributed by atoms with Gasteiger partial charge in [0.15, 0.2) is 11.6 Å². The highest BCUT2D eigenvalue weighted by molar-refractivity contribution is 6.61. The number of methoxy groups -OCH3 is 3. The largest absolute Gasteiger partial charge is 0.493 e. The van der Waals surface area contributed by atoms with Crippen LogP contribution < -0.4 is 5.46 Å². The van der Waals surface area contributed by atoms with Gasteiger partial charge in [0.25, 0.3) is 11.7 Å². The summed E-state index contributed by atoms with van der Waals surface area (Å²) >= 11 is 0. The van der Waals surface area contributed by atoms with Crippen LogP contribution in [0.3, 0.4) is 0 Å². The summed E-state index contributed by atoms with van der Waals surface area (Å²) in [7, 11) is 3.95. The van der Waals surface area contributed by atoms with Crippen molar-refractivity contribution < 1.29 is 76.7 Å². The van der Waals surface area contributed by atoms with E-state index in [0.717, 1.165) is 11.0 Å². The number of nitrogens with zero attached hydrogens (tertiary/aromatic N) is 1. The van der Waals surface area contributed by atoms with Crippen LogP contribution in [0.2, 0.25) is 0 Å². The first-order valence-electron chi connectivity index (χ1n) is 29.5. The molecular formula is C63H92BNO16. The highest BCUT2D eigenvalue weighted by Crippen LogP contribution is 2.39.